The Morgan fingerprint density at radius 1 is 1.26 bits per heavy atom. The maximum Gasteiger partial charge on any atom is 0.244 e. The quantitative estimate of drug-likeness (QED) is 0.840. The summed E-state index contributed by atoms with van der Waals surface area (Å²) in [5.74, 6) is 0.648. The first-order valence-electron chi connectivity index (χ1n) is 7.26. The summed E-state index contributed by atoms with van der Waals surface area (Å²) in [4.78, 5) is 18.7. The molecule has 0 aliphatic rings. The Labute approximate surface area is 145 Å². The Morgan fingerprint density at radius 3 is 2.43 bits per heavy atom. The second-order valence-corrected chi connectivity index (χ2v) is 6.73. The predicted molar refractivity (Wildman–Crippen MR) is 96.1 cm³/mol. The fourth-order valence-electron chi connectivity index (χ4n) is 2.08. The highest BCUT2D eigenvalue weighted by Crippen LogP contribution is 2.20. The average Bonchev–Trinajstić information content (AvgIpc) is 2.53. The summed E-state index contributed by atoms with van der Waals surface area (Å²) >= 11 is 3.37. The third kappa shape index (κ3) is 4.30. The normalized spacial score (nSPS) is 13.3. The summed E-state index contributed by atoms with van der Waals surface area (Å²) in [6, 6.07) is 11.3. The van der Waals surface area contributed by atoms with Crippen molar-refractivity contribution in [2.45, 2.75) is 19.0 Å². The van der Waals surface area contributed by atoms with E-state index >= 15 is 0 Å². The van der Waals surface area contributed by atoms with Crippen molar-refractivity contribution in [3.8, 4) is 0 Å². The molecule has 2 aromatic rings. The topological polar surface area (TPSA) is 71.2 Å². The van der Waals surface area contributed by atoms with Gasteiger partial charge < -0.3 is 16.0 Å². The van der Waals surface area contributed by atoms with Gasteiger partial charge in [0.2, 0.25) is 5.91 Å². The van der Waals surface area contributed by atoms with E-state index in [2.05, 4.69) is 26.2 Å². The van der Waals surface area contributed by atoms with Gasteiger partial charge in [0.05, 0.1) is 0 Å². The number of benzene rings is 1. The number of anilines is 1. The highest BCUT2D eigenvalue weighted by atomic mass is 79.9. The van der Waals surface area contributed by atoms with E-state index in [9.17, 15) is 4.79 Å². The van der Waals surface area contributed by atoms with Crippen molar-refractivity contribution in [3.63, 3.8) is 0 Å². The minimum atomic E-state index is -1.09. The fraction of sp³-hybridized carbons (Fsp3) is 0.294. The number of nitrogens with zero attached hydrogens (tertiary/aromatic N) is 2. The molecule has 1 aromatic carbocycles. The number of hydrogen-bond donors (Lipinski definition) is 2. The van der Waals surface area contributed by atoms with Gasteiger partial charge in [-0.2, -0.15) is 0 Å². The molecule has 0 aliphatic heterocycles. The van der Waals surface area contributed by atoms with Gasteiger partial charge in [0.1, 0.15) is 11.4 Å². The van der Waals surface area contributed by atoms with Crippen molar-refractivity contribution in [2.24, 2.45) is 5.73 Å². The first-order chi connectivity index (χ1) is 10.8. The van der Waals surface area contributed by atoms with Gasteiger partial charge in [-0.1, -0.05) is 34.1 Å². The number of carbonyl (C=O) groups excluding carboxylic acids is 1. The van der Waals surface area contributed by atoms with Crippen LogP contribution in [0.25, 0.3) is 0 Å². The molecule has 3 N–H and O–H groups in total. The van der Waals surface area contributed by atoms with Crippen LogP contribution in [0.5, 0.6) is 0 Å². The van der Waals surface area contributed by atoms with Crippen LogP contribution in [0, 0.1) is 0 Å². The number of amides is 1. The zero-order chi connectivity index (χ0) is 17.0. The lowest BCUT2D eigenvalue weighted by Crippen LogP contribution is -2.48. The zero-order valence-corrected chi connectivity index (χ0v) is 15.1. The molecule has 0 radical (unpaired) electrons. The molecular weight excluding hydrogens is 356 g/mol. The van der Waals surface area contributed by atoms with Crippen LogP contribution in [0.15, 0.2) is 47.1 Å². The average molecular weight is 377 g/mol. The molecule has 0 aliphatic carbocycles. The van der Waals surface area contributed by atoms with Gasteiger partial charge in [0.25, 0.3) is 0 Å². The van der Waals surface area contributed by atoms with E-state index in [0.717, 1.165) is 21.4 Å². The first-order valence-corrected chi connectivity index (χ1v) is 8.05. The highest BCUT2D eigenvalue weighted by molar-refractivity contribution is 9.10. The predicted octanol–water partition coefficient (Wildman–Crippen LogP) is 2.40. The van der Waals surface area contributed by atoms with Crippen molar-refractivity contribution in [1.82, 2.24) is 10.3 Å². The van der Waals surface area contributed by atoms with Crippen LogP contribution in [0.2, 0.25) is 0 Å². The number of hydrogen-bond acceptors (Lipinski definition) is 4. The molecule has 2 rings (SSSR count). The lowest BCUT2D eigenvalue weighted by molar-refractivity contribution is -0.126. The molecule has 6 heteroatoms. The van der Waals surface area contributed by atoms with Crippen LogP contribution in [0.3, 0.4) is 0 Å². The second-order valence-electron chi connectivity index (χ2n) is 5.81. The number of nitrogens with one attached hydrogen (secondary N) is 1. The maximum atomic E-state index is 12.4. The van der Waals surface area contributed by atoms with Gasteiger partial charge in [-0.3, -0.25) is 4.79 Å². The van der Waals surface area contributed by atoms with E-state index in [4.69, 9.17) is 5.73 Å². The fourth-order valence-corrected chi connectivity index (χ4v) is 2.34. The lowest BCUT2D eigenvalue weighted by Gasteiger charge is -2.24. The standard InChI is InChI=1S/C17H21BrN4O/c1-17(19,13-5-7-14(18)8-6-13)16(23)21-11-12-4-9-15(20-10-12)22(2)3/h4-10H,11,19H2,1-3H3,(H,21,23). The Hall–Kier alpha value is -1.92. The van der Waals surface area contributed by atoms with Crippen molar-refractivity contribution < 1.29 is 4.79 Å². The molecule has 1 heterocycles. The SMILES string of the molecule is CN(C)c1ccc(CNC(=O)C(C)(N)c2ccc(Br)cc2)cn1. The molecule has 5 nitrogen and oxygen atoms in total. The monoisotopic (exact) mass is 376 g/mol. The molecular formula is C17H21BrN4O. The van der Waals surface area contributed by atoms with Crippen molar-refractivity contribution in [3.05, 3.63) is 58.2 Å². The molecule has 122 valence electrons. The van der Waals surface area contributed by atoms with Gasteiger partial charge in [-0.05, 0) is 36.2 Å². The summed E-state index contributed by atoms with van der Waals surface area (Å²) in [6.45, 7) is 2.10. The lowest BCUT2D eigenvalue weighted by atomic mass is 9.92. The molecule has 0 fully saturated rings. The van der Waals surface area contributed by atoms with Crippen LogP contribution in [-0.4, -0.2) is 25.0 Å². The number of aromatic nitrogens is 1. The van der Waals surface area contributed by atoms with Gasteiger partial charge >= 0.3 is 0 Å². The molecule has 0 spiro atoms. The van der Waals surface area contributed by atoms with Crippen molar-refractivity contribution >= 4 is 27.7 Å². The van der Waals surface area contributed by atoms with Crippen LogP contribution in [0.4, 0.5) is 5.82 Å². The smallest absolute Gasteiger partial charge is 0.244 e. The Balaban J connectivity index is 2.02. The second kappa shape index (κ2) is 7.10. The van der Waals surface area contributed by atoms with Crippen LogP contribution in [-0.2, 0) is 16.9 Å². The molecule has 0 saturated carbocycles. The molecule has 0 saturated heterocycles. The van der Waals surface area contributed by atoms with Crippen molar-refractivity contribution in [2.75, 3.05) is 19.0 Å². The third-order valence-corrected chi connectivity index (χ3v) is 4.16. The zero-order valence-electron chi connectivity index (χ0n) is 13.5. The van der Waals surface area contributed by atoms with Gasteiger partial charge in [-0.25, -0.2) is 4.98 Å². The number of halogens is 1. The molecule has 1 amide bonds. The van der Waals surface area contributed by atoms with Crippen LogP contribution >= 0.6 is 15.9 Å². The van der Waals surface area contributed by atoms with E-state index in [0.29, 0.717) is 6.54 Å². The van der Waals surface area contributed by atoms with E-state index in [-0.39, 0.29) is 5.91 Å². The summed E-state index contributed by atoms with van der Waals surface area (Å²) in [5, 5.41) is 2.87. The molecule has 0 bridgehead atoms. The number of nitrogens with two attached hydrogens (primary N) is 1. The molecule has 23 heavy (non-hydrogen) atoms. The Bertz CT molecular complexity index is 666. The minimum Gasteiger partial charge on any atom is -0.363 e. The van der Waals surface area contributed by atoms with Gasteiger partial charge in [0, 0.05) is 31.3 Å². The number of rotatable bonds is 5. The summed E-state index contributed by atoms with van der Waals surface area (Å²) < 4.78 is 0.949. The molecule has 1 atom stereocenters. The Morgan fingerprint density at radius 2 is 1.91 bits per heavy atom. The summed E-state index contributed by atoms with van der Waals surface area (Å²) in [6.07, 6.45) is 1.75. The largest absolute Gasteiger partial charge is 0.363 e. The number of pyridine rings is 1. The third-order valence-electron chi connectivity index (χ3n) is 3.64. The van der Waals surface area contributed by atoms with Crippen molar-refractivity contribution in [1.29, 1.82) is 0 Å². The van der Waals surface area contributed by atoms with E-state index in [1.165, 1.54) is 0 Å². The van der Waals surface area contributed by atoms with E-state index in [1.807, 2.05) is 55.4 Å². The van der Waals surface area contributed by atoms with Crippen LogP contribution < -0.4 is 16.0 Å². The van der Waals surface area contributed by atoms with Gasteiger partial charge in [0.15, 0.2) is 0 Å². The molecule has 1 unspecified atom stereocenters. The first kappa shape index (κ1) is 17.4. The summed E-state index contributed by atoms with van der Waals surface area (Å²) in [5.41, 5.74) is 6.81. The van der Waals surface area contributed by atoms with E-state index in [1.54, 1.807) is 13.1 Å². The van der Waals surface area contributed by atoms with Gasteiger partial charge in [-0.15, -0.1) is 0 Å². The van der Waals surface area contributed by atoms with E-state index < -0.39 is 5.54 Å². The molecule has 1 aromatic heterocycles. The number of carbonyl (C=O) groups is 1. The maximum absolute atomic E-state index is 12.4. The highest BCUT2D eigenvalue weighted by Gasteiger charge is 2.30. The summed E-state index contributed by atoms with van der Waals surface area (Å²) in [7, 11) is 3.86. The Kier molecular flexibility index (Phi) is 5.38. The van der Waals surface area contributed by atoms with Crippen LogP contribution in [0.1, 0.15) is 18.1 Å². The minimum absolute atomic E-state index is 0.225.